The quantitative estimate of drug-likeness (QED) is 0.462. The lowest BCUT2D eigenvalue weighted by Crippen LogP contribution is -2.18. The van der Waals surface area contributed by atoms with Crippen molar-refractivity contribution in [1.82, 2.24) is 0 Å². The van der Waals surface area contributed by atoms with E-state index >= 15 is 0 Å². The summed E-state index contributed by atoms with van der Waals surface area (Å²) in [6, 6.07) is 0. The van der Waals surface area contributed by atoms with E-state index in [9.17, 15) is 9.59 Å². The Morgan fingerprint density at radius 1 is 1.50 bits per heavy atom. The molecule has 12 heavy (non-hydrogen) atoms. The van der Waals surface area contributed by atoms with Crippen molar-refractivity contribution in [2.24, 2.45) is 0 Å². The summed E-state index contributed by atoms with van der Waals surface area (Å²) in [5.74, 6) is -1.18. The summed E-state index contributed by atoms with van der Waals surface area (Å²) < 4.78 is 9.12. The van der Waals surface area contributed by atoms with Crippen LogP contribution < -0.4 is 0 Å². The number of carbonyl (C=O) groups excluding carboxylic acids is 2. The summed E-state index contributed by atoms with van der Waals surface area (Å²) in [6.07, 6.45) is 0.794. The maximum Gasteiger partial charge on any atom is 0.344 e. The van der Waals surface area contributed by atoms with Crippen molar-refractivity contribution in [3.63, 3.8) is 0 Å². The van der Waals surface area contributed by atoms with Crippen molar-refractivity contribution < 1.29 is 19.1 Å². The van der Waals surface area contributed by atoms with Crippen molar-refractivity contribution in [3.8, 4) is 0 Å². The molecule has 0 saturated carbocycles. The molecule has 0 bridgehead atoms. The van der Waals surface area contributed by atoms with Gasteiger partial charge in [-0.15, -0.1) is 0 Å². The van der Waals surface area contributed by atoms with Crippen molar-refractivity contribution >= 4 is 11.9 Å². The fourth-order valence-corrected chi connectivity index (χ4v) is 0.486. The van der Waals surface area contributed by atoms with E-state index in [4.69, 9.17) is 4.74 Å². The molecule has 0 amide bonds. The van der Waals surface area contributed by atoms with Gasteiger partial charge < -0.3 is 9.47 Å². The highest BCUT2D eigenvalue weighted by Crippen LogP contribution is 1.90. The summed E-state index contributed by atoms with van der Waals surface area (Å²) in [5, 5.41) is 0. The summed E-state index contributed by atoms with van der Waals surface area (Å²) >= 11 is 0. The van der Waals surface area contributed by atoms with E-state index in [0.717, 1.165) is 6.08 Å². The standard InChI is InChI=1S/C8H12O4/c1-4-7(9)11-5-8(10)12-6(2)3/h4,6H,1,5H2,2-3H3. The molecular weight excluding hydrogens is 160 g/mol. The van der Waals surface area contributed by atoms with Gasteiger partial charge in [-0.2, -0.15) is 0 Å². The molecule has 0 aromatic rings. The third kappa shape index (κ3) is 5.46. The molecule has 0 aliphatic carbocycles. The van der Waals surface area contributed by atoms with Gasteiger partial charge in [-0.1, -0.05) is 6.58 Å². The summed E-state index contributed by atoms with van der Waals surface area (Å²) in [5.41, 5.74) is 0. The number of hydrogen-bond donors (Lipinski definition) is 0. The molecule has 0 radical (unpaired) electrons. The van der Waals surface area contributed by atoms with E-state index in [2.05, 4.69) is 11.3 Å². The van der Waals surface area contributed by atoms with E-state index in [-0.39, 0.29) is 12.7 Å². The molecule has 0 aliphatic rings. The zero-order chi connectivity index (χ0) is 9.56. The Balaban J connectivity index is 3.57. The average Bonchev–Trinajstić information content (AvgIpc) is 1.99. The molecule has 0 N–H and O–H groups in total. The zero-order valence-corrected chi connectivity index (χ0v) is 7.20. The molecule has 0 fully saturated rings. The van der Waals surface area contributed by atoms with Gasteiger partial charge in [0.1, 0.15) is 0 Å². The molecule has 0 spiro atoms. The van der Waals surface area contributed by atoms with Crippen LogP contribution in [0.15, 0.2) is 12.7 Å². The van der Waals surface area contributed by atoms with Crippen LogP contribution in [-0.2, 0) is 19.1 Å². The van der Waals surface area contributed by atoms with E-state index in [1.165, 1.54) is 0 Å². The molecule has 0 aromatic carbocycles. The Bertz CT molecular complexity index is 183. The smallest absolute Gasteiger partial charge is 0.344 e. The van der Waals surface area contributed by atoms with Crippen LogP contribution in [0.4, 0.5) is 0 Å². The first kappa shape index (κ1) is 10.7. The van der Waals surface area contributed by atoms with Gasteiger partial charge >= 0.3 is 11.9 Å². The van der Waals surface area contributed by atoms with Crippen molar-refractivity contribution in [2.45, 2.75) is 20.0 Å². The first-order chi connectivity index (χ1) is 5.56. The minimum Gasteiger partial charge on any atom is -0.460 e. The van der Waals surface area contributed by atoms with Gasteiger partial charge in [0.2, 0.25) is 0 Å². The van der Waals surface area contributed by atoms with E-state index in [1.807, 2.05) is 0 Å². The zero-order valence-electron chi connectivity index (χ0n) is 7.20. The van der Waals surface area contributed by atoms with Gasteiger partial charge in [0.15, 0.2) is 6.61 Å². The van der Waals surface area contributed by atoms with Crippen molar-refractivity contribution in [2.75, 3.05) is 6.61 Å². The maximum absolute atomic E-state index is 10.7. The Labute approximate surface area is 71.2 Å². The van der Waals surface area contributed by atoms with Gasteiger partial charge in [-0.3, -0.25) is 0 Å². The predicted molar refractivity (Wildman–Crippen MR) is 42.4 cm³/mol. The minimum absolute atomic E-state index is 0.195. The fraction of sp³-hybridized carbons (Fsp3) is 0.500. The highest BCUT2D eigenvalue weighted by molar-refractivity contribution is 5.83. The molecule has 0 atom stereocenters. The third-order valence-corrected chi connectivity index (χ3v) is 0.866. The summed E-state index contributed by atoms with van der Waals surface area (Å²) in [6.45, 7) is 6.25. The van der Waals surface area contributed by atoms with Crippen LogP contribution >= 0.6 is 0 Å². The van der Waals surface area contributed by atoms with Crippen molar-refractivity contribution in [3.05, 3.63) is 12.7 Å². The summed E-state index contributed by atoms with van der Waals surface area (Å²) in [4.78, 5) is 21.2. The fourth-order valence-electron chi connectivity index (χ4n) is 0.486. The Morgan fingerprint density at radius 3 is 2.50 bits per heavy atom. The number of rotatable bonds is 4. The highest BCUT2D eigenvalue weighted by Gasteiger charge is 2.07. The lowest BCUT2D eigenvalue weighted by Gasteiger charge is -2.06. The van der Waals surface area contributed by atoms with E-state index < -0.39 is 11.9 Å². The average molecular weight is 172 g/mol. The number of carbonyl (C=O) groups is 2. The number of hydrogen-bond acceptors (Lipinski definition) is 4. The largest absolute Gasteiger partial charge is 0.460 e. The summed E-state index contributed by atoms with van der Waals surface area (Å²) in [7, 11) is 0. The Morgan fingerprint density at radius 2 is 2.08 bits per heavy atom. The molecule has 4 nitrogen and oxygen atoms in total. The first-order valence-corrected chi connectivity index (χ1v) is 3.55. The highest BCUT2D eigenvalue weighted by atomic mass is 16.6. The van der Waals surface area contributed by atoms with Crippen LogP contribution in [0.1, 0.15) is 13.8 Å². The second-order valence-electron chi connectivity index (χ2n) is 2.35. The first-order valence-electron chi connectivity index (χ1n) is 3.55. The van der Waals surface area contributed by atoms with Crippen LogP contribution in [-0.4, -0.2) is 24.6 Å². The molecule has 4 heteroatoms. The second-order valence-corrected chi connectivity index (χ2v) is 2.35. The van der Waals surface area contributed by atoms with Crippen LogP contribution in [0, 0.1) is 0 Å². The van der Waals surface area contributed by atoms with Gasteiger partial charge in [-0.05, 0) is 13.8 Å². The van der Waals surface area contributed by atoms with E-state index in [1.54, 1.807) is 13.8 Å². The maximum atomic E-state index is 10.7. The lowest BCUT2D eigenvalue weighted by atomic mass is 10.5. The topological polar surface area (TPSA) is 52.6 Å². The number of esters is 2. The van der Waals surface area contributed by atoms with Gasteiger partial charge in [0, 0.05) is 6.08 Å². The molecule has 0 saturated heterocycles. The molecule has 0 aromatic heterocycles. The van der Waals surface area contributed by atoms with Crippen LogP contribution in [0.2, 0.25) is 0 Å². The Kier molecular flexibility index (Phi) is 4.76. The molecule has 0 rings (SSSR count). The Hall–Kier alpha value is -1.32. The SMILES string of the molecule is C=CC(=O)OCC(=O)OC(C)C. The monoisotopic (exact) mass is 172 g/mol. The van der Waals surface area contributed by atoms with E-state index in [0.29, 0.717) is 0 Å². The minimum atomic E-state index is -0.629. The van der Waals surface area contributed by atoms with Crippen LogP contribution in [0.25, 0.3) is 0 Å². The van der Waals surface area contributed by atoms with Gasteiger partial charge in [-0.25, -0.2) is 9.59 Å². The third-order valence-electron chi connectivity index (χ3n) is 0.866. The lowest BCUT2D eigenvalue weighted by molar-refractivity contribution is -0.158. The van der Waals surface area contributed by atoms with Gasteiger partial charge in [0.25, 0.3) is 0 Å². The predicted octanol–water partition coefficient (Wildman–Crippen LogP) is 0.667. The molecule has 0 heterocycles. The van der Waals surface area contributed by atoms with Crippen LogP contribution in [0.3, 0.4) is 0 Å². The van der Waals surface area contributed by atoms with Crippen LogP contribution in [0.5, 0.6) is 0 Å². The van der Waals surface area contributed by atoms with Crippen molar-refractivity contribution in [1.29, 1.82) is 0 Å². The molecular formula is C8H12O4. The molecule has 0 unspecified atom stereocenters. The van der Waals surface area contributed by atoms with Gasteiger partial charge in [0.05, 0.1) is 6.10 Å². The molecule has 0 aliphatic heterocycles. The number of ether oxygens (including phenoxy) is 2. The second kappa shape index (κ2) is 5.35. The molecule has 68 valence electrons. The normalized spacial score (nSPS) is 9.25.